The molecule has 0 aliphatic heterocycles. The molecule has 0 bridgehead atoms. The summed E-state index contributed by atoms with van der Waals surface area (Å²) in [4.78, 5) is 8.59. The summed E-state index contributed by atoms with van der Waals surface area (Å²) in [5, 5.41) is 4.84. The molecular weight excluding hydrogens is 264 g/mol. The van der Waals surface area contributed by atoms with Crippen molar-refractivity contribution >= 4 is 11.8 Å². The predicted octanol–water partition coefficient (Wildman–Crippen LogP) is 2.92. The predicted molar refractivity (Wildman–Crippen MR) is 69.5 cm³/mol. The van der Waals surface area contributed by atoms with Crippen LogP contribution in [0.25, 0.3) is 11.6 Å². The van der Waals surface area contributed by atoms with Crippen LogP contribution in [-0.2, 0) is 7.05 Å². The minimum Gasteiger partial charge on any atom is -0.461 e. The normalized spacial score (nSPS) is 12.7. The van der Waals surface area contributed by atoms with Crippen molar-refractivity contribution in [3.05, 3.63) is 36.7 Å². The average Bonchev–Trinajstić information content (AvgIpc) is 3.09. The number of rotatable bonds is 4. The van der Waals surface area contributed by atoms with Gasteiger partial charge in [-0.1, -0.05) is 16.9 Å². The zero-order valence-electron chi connectivity index (χ0n) is 10.5. The Bertz CT molecular complexity index is 659. The second-order valence-corrected chi connectivity index (χ2v) is 5.32. The maximum atomic E-state index is 5.26. The molecule has 0 aliphatic rings. The van der Waals surface area contributed by atoms with Crippen LogP contribution in [0.3, 0.4) is 0 Å². The molecule has 7 heteroatoms. The van der Waals surface area contributed by atoms with Crippen molar-refractivity contribution < 1.29 is 8.94 Å². The minimum atomic E-state index is 0.0253. The van der Waals surface area contributed by atoms with E-state index in [0.717, 1.165) is 5.16 Å². The van der Waals surface area contributed by atoms with Gasteiger partial charge in [0.25, 0.3) is 0 Å². The Morgan fingerprint density at radius 1 is 1.42 bits per heavy atom. The number of hydrogen-bond donors (Lipinski definition) is 0. The summed E-state index contributed by atoms with van der Waals surface area (Å²) in [6.45, 7) is 2.00. The van der Waals surface area contributed by atoms with Crippen molar-refractivity contribution in [2.45, 2.75) is 17.3 Å². The number of furan rings is 1. The third-order valence-corrected chi connectivity index (χ3v) is 3.75. The highest BCUT2D eigenvalue weighted by Crippen LogP contribution is 2.33. The first-order valence-corrected chi connectivity index (χ1v) is 6.63. The zero-order chi connectivity index (χ0) is 13.2. The smallest absolute Gasteiger partial charge is 0.240 e. The molecule has 3 aromatic heterocycles. The van der Waals surface area contributed by atoms with Gasteiger partial charge in [0.1, 0.15) is 0 Å². The van der Waals surface area contributed by atoms with Crippen molar-refractivity contribution in [1.29, 1.82) is 0 Å². The molecule has 0 radical (unpaired) electrons. The molecule has 3 aromatic rings. The molecule has 1 atom stereocenters. The van der Waals surface area contributed by atoms with Crippen LogP contribution in [-0.4, -0.2) is 19.7 Å². The summed E-state index contributed by atoms with van der Waals surface area (Å²) in [6, 6.07) is 3.59. The molecule has 3 rings (SSSR count). The Morgan fingerprint density at radius 2 is 2.32 bits per heavy atom. The Balaban J connectivity index is 1.77. The van der Waals surface area contributed by atoms with Gasteiger partial charge in [0.2, 0.25) is 11.7 Å². The number of aromatic nitrogens is 4. The van der Waals surface area contributed by atoms with E-state index in [-0.39, 0.29) is 5.25 Å². The van der Waals surface area contributed by atoms with E-state index < -0.39 is 0 Å². The molecule has 0 saturated carbocycles. The lowest BCUT2D eigenvalue weighted by Crippen LogP contribution is -1.94. The van der Waals surface area contributed by atoms with Gasteiger partial charge >= 0.3 is 0 Å². The second-order valence-electron chi connectivity index (χ2n) is 4.01. The first kappa shape index (κ1) is 12.0. The van der Waals surface area contributed by atoms with Crippen LogP contribution in [0, 0.1) is 0 Å². The fourth-order valence-corrected chi connectivity index (χ4v) is 2.44. The van der Waals surface area contributed by atoms with Crippen molar-refractivity contribution in [1.82, 2.24) is 19.7 Å². The van der Waals surface area contributed by atoms with Gasteiger partial charge in [-0.05, 0) is 19.1 Å². The van der Waals surface area contributed by atoms with E-state index >= 15 is 0 Å². The first-order valence-electron chi connectivity index (χ1n) is 5.75. The van der Waals surface area contributed by atoms with Gasteiger partial charge in [-0.2, -0.15) is 4.98 Å². The Hall–Kier alpha value is -2.02. The van der Waals surface area contributed by atoms with E-state index in [9.17, 15) is 0 Å². The van der Waals surface area contributed by atoms with E-state index in [1.54, 1.807) is 36.4 Å². The van der Waals surface area contributed by atoms with E-state index in [1.165, 1.54) is 0 Å². The molecule has 0 N–H and O–H groups in total. The summed E-state index contributed by atoms with van der Waals surface area (Å²) in [5.41, 5.74) is 0. The molecule has 6 nitrogen and oxygen atoms in total. The summed E-state index contributed by atoms with van der Waals surface area (Å²) < 4.78 is 12.4. The zero-order valence-corrected chi connectivity index (χ0v) is 11.3. The first-order chi connectivity index (χ1) is 9.24. The molecule has 0 aliphatic carbocycles. The highest BCUT2D eigenvalue weighted by molar-refractivity contribution is 7.99. The van der Waals surface area contributed by atoms with E-state index in [0.29, 0.717) is 17.5 Å². The van der Waals surface area contributed by atoms with E-state index in [2.05, 4.69) is 15.1 Å². The van der Waals surface area contributed by atoms with Gasteiger partial charge in [-0.25, -0.2) is 4.98 Å². The molecule has 3 heterocycles. The molecule has 0 aromatic carbocycles. The van der Waals surface area contributed by atoms with Crippen molar-refractivity contribution in [2.75, 3.05) is 0 Å². The Labute approximate surface area is 113 Å². The SMILES string of the molecule is C[C@@H](Sc1nccn1C)c1nc(-c2ccco2)no1. The Morgan fingerprint density at radius 3 is 3.00 bits per heavy atom. The van der Waals surface area contributed by atoms with Crippen molar-refractivity contribution in [2.24, 2.45) is 7.05 Å². The monoisotopic (exact) mass is 276 g/mol. The number of nitrogens with zero attached hydrogens (tertiary/aromatic N) is 4. The van der Waals surface area contributed by atoms with Crippen LogP contribution < -0.4 is 0 Å². The maximum absolute atomic E-state index is 5.26. The standard InChI is InChI=1S/C12H12N4O2S/c1-8(19-12-13-5-6-16(12)2)11-14-10(15-18-11)9-4-3-7-17-9/h3-8H,1-2H3/t8-/m1/s1. The lowest BCUT2D eigenvalue weighted by atomic mass is 10.4. The molecular formula is C12H12N4O2S. The van der Waals surface area contributed by atoms with Crippen molar-refractivity contribution in [3.63, 3.8) is 0 Å². The minimum absolute atomic E-state index is 0.0253. The summed E-state index contributed by atoms with van der Waals surface area (Å²) in [5.74, 6) is 1.62. The van der Waals surface area contributed by atoms with E-state index in [1.807, 2.05) is 24.7 Å². The average molecular weight is 276 g/mol. The maximum Gasteiger partial charge on any atom is 0.240 e. The lowest BCUT2D eigenvalue weighted by molar-refractivity contribution is 0.379. The van der Waals surface area contributed by atoms with Crippen LogP contribution in [0.15, 0.2) is 44.9 Å². The quantitative estimate of drug-likeness (QED) is 0.682. The van der Waals surface area contributed by atoms with Gasteiger partial charge < -0.3 is 13.5 Å². The molecule has 19 heavy (non-hydrogen) atoms. The Kier molecular flexibility index (Phi) is 3.12. The third-order valence-electron chi connectivity index (χ3n) is 2.59. The van der Waals surface area contributed by atoms with Gasteiger partial charge in [0, 0.05) is 19.4 Å². The molecule has 0 spiro atoms. The van der Waals surface area contributed by atoms with Crippen LogP contribution in [0.2, 0.25) is 0 Å². The summed E-state index contributed by atoms with van der Waals surface area (Å²) in [6.07, 6.45) is 5.24. The highest BCUT2D eigenvalue weighted by Gasteiger charge is 2.19. The summed E-state index contributed by atoms with van der Waals surface area (Å²) >= 11 is 1.57. The number of imidazole rings is 1. The molecule has 0 amide bonds. The fourth-order valence-electron chi connectivity index (χ4n) is 1.58. The van der Waals surface area contributed by atoms with Crippen LogP contribution in [0.1, 0.15) is 18.1 Å². The molecule has 0 fully saturated rings. The van der Waals surface area contributed by atoms with Crippen LogP contribution >= 0.6 is 11.8 Å². The lowest BCUT2D eigenvalue weighted by Gasteiger charge is -2.05. The van der Waals surface area contributed by atoms with Gasteiger partial charge in [-0.3, -0.25) is 0 Å². The number of thioether (sulfide) groups is 1. The molecule has 0 unspecified atom stereocenters. The third kappa shape index (κ3) is 2.41. The fraction of sp³-hybridized carbons (Fsp3) is 0.250. The van der Waals surface area contributed by atoms with Gasteiger partial charge in [0.15, 0.2) is 10.9 Å². The highest BCUT2D eigenvalue weighted by atomic mass is 32.2. The summed E-state index contributed by atoms with van der Waals surface area (Å²) in [7, 11) is 1.95. The topological polar surface area (TPSA) is 69.9 Å². The van der Waals surface area contributed by atoms with E-state index in [4.69, 9.17) is 8.94 Å². The van der Waals surface area contributed by atoms with Crippen molar-refractivity contribution in [3.8, 4) is 11.6 Å². The van der Waals surface area contributed by atoms with Gasteiger partial charge in [-0.15, -0.1) is 0 Å². The number of aryl methyl sites for hydroxylation is 1. The molecule has 0 saturated heterocycles. The largest absolute Gasteiger partial charge is 0.461 e. The molecule has 98 valence electrons. The van der Waals surface area contributed by atoms with Gasteiger partial charge in [0.05, 0.1) is 11.5 Å². The van der Waals surface area contributed by atoms with Crippen LogP contribution in [0.4, 0.5) is 0 Å². The van der Waals surface area contributed by atoms with Crippen LogP contribution in [0.5, 0.6) is 0 Å². The number of hydrogen-bond acceptors (Lipinski definition) is 6. The second kappa shape index (κ2) is 4.93.